The van der Waals surface area contributed by atoms with E-state index in [1.54, 1.807) is 0 Å². The third-order valence-corrected chi connectivity index (χ3v) is 2.98. The Labute approximate surface area is 121 Å². The van der Waals surface area contributed by atoms with Crippen LogP contribution in [0.15, 0.2) is 18.2 Å². The van der Waals surface area contributed by atoms with Crippen LogP contribution in [0.2, 0.25) is 0 Å². The molecule has 7 heteroatoms. The number of amides is 1. The van der Waals surface area contributed by atoms with Crippen LogP contribution >= 0.6 is 0 Å². The zero-order valence-corrected chi connectivity index (χ0v) is 11.6. The molecule has 0 heterocycles. The van der Waals surface area contributed by atoms with E-state index in [9.17, 15) is 14.4 Å². The van der Waals surface area contributed by atoms with Crippen molar-refractivity contribution in [2.45, 2.75) is 19.8 Å². The fraction of sp³-hybridized carbons (Fsp3) is 0.357. The fourth-order valence-corrected chi connectivity index (χ4v) is 1.67. The summed E-state index contributed by atoms with van der Waals surface area (Å²) in [5.74, 6) is -2.62. The van der Waals surface area contributed by atoms with Crippen molar-refractivity contribution < 1.29 is 24.6 Å². The van der Waals surface area contributed by atoms with Gasteiger partial charge >= 0.3 is 11.9 Å². The van der Waals surface area contributed by atoms with Crippen LogP contribution in [0.3, 0.4) is 0 Å². The van der Waals surface area contributed by atoms with Gasteiger partial charge < -0.3 is 21.3 Å². The number of carboxylic acid groups (broad SMARTS) is 2. The van der Waals surface area contributed by atoms with Gasteiger partial charge in [0.15, 0.2) is 0 Å². The molecular weight excluding hydrogens is 276 g/mol. The van der Waals surface area contributed by atoms with Crippen molar-refractivity contribution >= 4 is 23.5 Å². The van der Waals surface area contributed by atoms with Gasteiger partial charge in [0, 0.05) is 12.1 Å². The molecule has 0 bridgehead atoms. The van der Waals surface area contributed by atoms with Crippen molar-refractivity contribution in [2.75, 3.05) is 11.9 Å². The van der Waals surface area contributed by atoms with Gasteiger partial charge in [-0.05, 0) is 37.1 Å². The average molecular weight is 294 g/mol. The smallest absolute Gasteiger partial charge is 0.335 e. The molecular formula is C14H18N2O5. The monoisotopic (exact) mass is 294 g/mol. The molecule has 1 amide bonds. The summed E-state index contributed by atoms with van der Waals surface area (Å²) in [6, 6.07) is 3.48. The number of aromatic carboxylic acids is 2. The molecule has 1 atom stereocenters. The number of rotatable bonds is 7. The van der Waals surface area contributed by atoms with Gasteiger partial charge in [0.25, 0.3) is 0 Å². The van der Waals surface area contributed by atoms with E-state index in [0.717, 1.165) is 6.07 Å². The Bertz CT molecular complexity index is 524. The van der Waals surface area contributed by atoms with E-state index in [1.807, 2.05) is 6.92 Å². The molecule has 0 aliphatic rings. The van der Waals surface area contributed by atoms with Crippen LogP contribution < -0.4 is 11.1 Å². The molecule has 0 radical (unpaired) electrons. The molecule has 1 aromatic rings. The molecule has 1 unspecified atom stereocenters. The highest BCUT2D eigenvalue weighted by Gasteiger charge is 2.13. The van der Waals surface area contributed by atoms with Crippen LogP contribution in [0, 0.1) is 5.92 Å². The number of hydrogen-bond donors (Lipinski definition) is 4. The van der Waals surface area contributed by atoms with E-state index in [2.05, 4.69) is 5.32 Å². The quantitative estimate of drug-likeness (QED) is 0.601. The van der Waals surface area contributed by atoms with Gasteiger partial charge in [-0.2, -0.15) is 0 Å². The first-order valence-electron chi connectivity index (χ1n) is 6.45. The standard InChI is InChI=1S/C14H18N2O5/c1-8(7-15)2-3-12(17)16-11-5-9(13(18)19)4-10(6-11)14(20)21/h4-6,8H,2-3,7,15H2,1H3,(H,16,17)(H,18,19)(H,20,21). The maximum absolute atomic E-state index is 11.7. The van der Waals surface area contributed by atoms with Crippen LogP contribution in [0.5, 0.6) is 0 Å². The first kappa shape index (κ1) is 16.6. The lowest BCUT2D eigenvalue weighted by Crippen LogP contribution is -2.17. The number of benzene rings is 1. The number of carboxylic acids is 2. The summed E-state index contributed by atoms with van der Waals surface area (Å²) in [5.41, 5.74) is 5.22. The molecule has 0 spiro atoms. The van der Waals surface area contributed by atoms with Crippen molar-refractivity contribution in [3.8, 4) is 0 Å². The highest BCUT2D eigenvalue weighted by Crippen LogP contribution is 2.16. The van der Waals surface area contributed by atoms with Crippen LogP contribution in [0.1, 0.15) is 40.5 Å². The minimum Gasteiger partial charge on any atom is -0.478 e. The molecule has 1 aromatic carbocycles. The van der Waals surface area contributed by atoms with E-state index < -0.39 is 11.9 Å². The van der Waals surface area contributed by atoms with E-state index >= 15 is 0 Å². The molecule has 0 saturated carbocycles. The zero-order chi connectivity index (χ0) is 16.0. The first-order valence-corrected chi connectivity index (χ1v) is 6.45. The summed E-state index contributed by atoms with van der Waals surface area (Å²) < 4.78 is 0. The lowest BCUT2D eigenvalue weighted by atomic mass is 10.1. The minimum atomic E-state index is -1.26. The molecule has 0 saturated heterocycles. The summed E-state index contributed by atoms with van der Waals surface area (Å²) in [7, 11) is 0. The molecule has 0 aliphatic heterocycles. The van der Waals surface area contributed by atoms with E-state index in [4.69, 9.17) is 15.9 Å². The third-order valence-electron chi connectivity index (χ3n) is 2.98. The summed E-state index contributed by atoms with van der Waals surface area (Å²) in [6.45, 7) is 2.39. The molecule has 7 nitrogen and oxygen atoms in total. The van der Waals surface area contributed by atoms with Gasteiger partial charge in [-0.25, -0.2) is 9.59 Å². The van der Waals surface area contributed by atoms with Gasteiger partial charge in [-0.1, -0.05) is 6.92 Å². The second-order valence-electron chi connectivity index (χ2n) is 4.84. The SMILES string of the molecule is CC(CN)CCC(=O)Nc1cc(C(=O)O)cc(C(=O)O)c1. The normalized spacial score (nSPS) is 11.7. The molecule has 0 aliphatic carbocycles. The van der Waals surface area contributed by atoms with Gasteiger partial charge in [0.05, 0.1) is 11.1 Å². The number of nitrogens with one attached hydrogen (secondary N) is 1. The second kappa shape index (κ2) is 7.39. The van der Waals surface area contributed by atoms with Gasteiger partial charge in [-0.15, -0.1) is 0 Å². The Hall–Kier alpha value is -2.41. The summed E-state index contributed by atoms with van der Waals surface area (Å²) in [5, 5.41) is 20.4. The summed E-state index contributed by atoms with van der Waals surface area (Å²) in [4.78, 5) is 33.6. The Balaban J connectivity index is 2.84. The number of anilines is 1. The predicted octanol–water partition coefficient (Wildman–Crippen LogP) is 1.40. The Morgan fingerprint density at radius 1 is 1.14 bits per heavy atom. The lowest BCUT2D eigenvalue weighted by Gasteiger charge is -2.10. The first-order chi connectivity index (χ1) is 9.83. The van der Waals surface area contributed by atoms with Gasteiger partial charge in [0.2, 0.25) is 5.91 Å². The second-order valence-corrected chi connectivity index (χ2v) is 4.84. The van der Waals surface area contributed by atoms with Gasteiger partial charge in [-0.3, -0.25) is 4.79 Å². The zero-order valence-electron chi connectivity index (χ0n) is 11.6. The fourth-order valence-electron chi connectivity index (χ4n) is 1.67. The lowest BCUT2D eigenvalue weighted by molar-refractivity contribution is -0.116. The maximum atomic E-state index is 11.7. The van der Waals surface area contributed by atoms with E-state index in [0.29, 0.717) is 13.0 Å². The van der Waals surface area contributed by atoms with E-state index in [1.165, 1.54) is 12.1 Å². The van der Waals surface area contributed by atoms with Crippen LogP contribution in [-0.2, 0) is 4.79 Å². The Kier molecular flexibility index (Phi) is 5.86. The molecule has 21 heavy (non-hydrogen) atoms. The van der Waals surface area contributed by atoms with Gasteiger partial charge in [0.1, 0.15) is 0 Å². The Morgan fingerprint density at radius 3 is 2.10 bits per heavy atom. The van der Waals surface area contributed by atoms with Crippen LogP contribution in [0.25, 0.3) is 0 Å². The Morgan fingerprint density at radius 2 is 1.67 bits per heavy atom. The summed E-state index contributed by atoms with van der Waals surface area (Å²) in [6.07, 6.45) is 0.838. The molecule has 1 rings (SSSR count). The molecule has 114 valence electrons. The van der Waals surface area contributed by atoms with Crippen LogP contribution in [-0.4, -0.2) is 34.6 Å². The molecule has 0 fully saturated rings. The highest BCUT2D eigenvalue weighted by molar-refractivity contribution is 5.98. The average Bonchev–Trinajstić information content (AvgIpc) is 2.44. The number of carbonyl (C=O) groups excluding carboxylic acids is 1. The predicted molar refractivity (Wildman–Crippen MR) is 76.4 cm³/mol. The largest absolute Gasteiger partial charge is 0.478 e. The topological polar surface area (TPSA) is 130 Å². The minimum absolute atomic E-state index is 0.151. The number of carbonyl (C=O) groups is 3. The van der Waals surface area contributed by atoms with Crippen molar-refractivity contribution in [3.63, 3.8) is 0 Å². The van der Waals surface area contributed by atoms with Crippen LogP contribution in [0.4, 0.5) is 5.69 Å². The third kappa shape index (κ3) is 5.23. The summed E-state index contributed by atoms with van der Waals surface area (Å²) >= 11 is 0. The highest BCUT2D eigenvalue weighted by atomic mass is 16.4. The van der Waals surface area contributed by atoms with Crippen molar-refractivity contribution in [2.24, 2.45) is 11.7 Å². The van der Waals surface area contributed by atoms with Crippen molar-refractivity contribution in [3.05, 3.63) is 29.3 Å². The number of nitrogens with two attached hydrogens (primary N) is 1. The number of hydrogen-bond acceptors (Lipinski definition) is 4. The van der Waals surface area contributed by atoms with Crippen molar-refractivity contribution in [1.29, 1.82) is 0 Å². The molecule has 5 N–H and O–H groups in total. The van der Waals surface area contributed by atoms with Crippen molar-refractivity contribution in [1.82, 2.24) is 0 Å². The maximum Gasteiger partial charge on any atom is 0.335 e. The molecule has 0 aromatic heterocycles. The van der Waals surface area contributed by atoms with E-state index in [-0.39, 0.29) is 35.1 Å².